The van der Waals surface area contributed by atoms with Crippen molar-refractivity contribution in [3.8, 4) is 0 Å². The SMILES string of the molecule is CCc1ccc2ccc(/C=C/C3(C(=O)NC(C(=O)NC(C)C(=O)N4CCCC(C(=O)O)N4)C(C)C)CCOCC3)cc2n1. The van der Waals surface area contributed by atoms with E-state index in [0.717, 1.165) is 28.6 Å². The van der Waals surface area contributed by atoms with Crippen molar-refractivity contribution in [2.45, 2.75) is 77.9 Å². The van der Waals surface area contributed by atoms with Gasteiger partial charge in [-0.25, -0.2) is 5.43 Å². The van der Waals surface area contributed by atoms with Gasteiger partial charge in [0.1, 0.15) is 18.1 Å². The lowest BCUT2D eigenvalue weighted by molar-refractivity contribution is -0.148. The first-order valence-corrected chi connectivity index (χ1v) is 15.1. The Morgan fingerprint density at radius 3 is 2.53 bits per heavy atom. The molecule has 2 saturated heterocycles. The van der Waals surface area contributed by atoms with Crippen molar-refractivity contribution in [3.05, 3.63) is 47.7 Å². The van der Waals surface area contributed by atoms with Crippen molar-refractivity contribution in [2.24, 2.45) is 11.3 Å². The Morgan fingerprint density at radius 2 is 1.86 bits per heavy atom. The standard InChI is InChI=1S/C32H43N5O6/c1-5-24-11-10-23-9-8-22(19-26(23)34-24)12-13-32(14-17-43-18-15-32)31(42)35-27(20(2)3)28(38)33-21(4)29(39)37-16-6-7-25(36-37)30(40)41/h8-13,19-21,25,27,36H,5-7,14-18H2,1-4H3,(H,33,38)(H,35,42)(H,40,41)/b13-12+. The van der Waals surface area contributed by atoms with Crippen molar-refractivity contribution in [3.63, 3.8) is 0 Å². The first-order valence-electron chi connectivity index (χ1n) is 15.1. The fourth-order valence-electron chi connectivity index (χ4n) is 5.48. The van der Waals surface area contributed by atoms with Gasteiger partial charge in [-0.3, -0.25) is 29.2 Å². The number of rotatable bonds is 10. The number of ether oxygens (including phenoxy) is 1. The van der Waals surface area contributed by atoms with Crippen LogP contribution in [0.15, 0.2) is 36.4 Å². The molecule has 0 bridgehead atoms. The fourth-order valence-corrected chi connectivity index (χ4v) is 5.48. The number of aromatic nitrogens is 1. The van der Waals surface area contributed by atoms with Gasteiger partial charge in [0.25, 0.3) is 5.91 Å². The number of carbonyl (C=O) groups excluding carboxylic acids is 3. The summed E-state index contributed by atoms with van der Waals surface area (Å²) in [7, 11) is 0. The Labute approximate surface area is 252 Å². The van der Waals surface area contributed by atoms with Gasteiger partial charge in [0, 0.05) is 30.8 Å². The first-order chi connectivity index (χ1) is 20.5. The maximum absolute atomic E-state index is 13.9. The number of hydrogen-bond acceptors (Lipinski definition) is 7. The van der Waals surface area contributed by atoms with E-state index in [-0.39, 0.29) is 11.8 Å². The maximum Gasteiger partial charge on any atom is 0.322 e. The lowest BCUT2D eigenvalue weighted by Gasteiger charge is -2.36. The third-order valence-electron chi connectivity index (χ3n) is 8.28. The molecule has 0 aliphatic carbocycles. The summed E-state index contributed by atoms with van der Waals surface area (Å²) in [5, 5.41) is 17.3. The van der Waals surface area contributed by atoms with Crippen molar-refractivity contribution in [1.29, 1.82) is 0 Å². The highest BCUT2D eigenvalue weighted by Gasteiger charge is 2.40. The number of carboxylic acid groups (broad SMARTS) is 1. The third-order valence-corrected chi connectivity index (χ3v) is 8.28. The van der Waals surface area contributed by atoms with Gasteiger partial charge >= 0.3 is 5.97 Å². The van der Waals surface area contributed by atoms with Crippen molar-refractivity contribution in [2.75, 3.05) is 19.8 Å². The summed E-state index contributed by atoms with van der Waals surface area (Å²) in [6.07, 6.45) is 6.58. The molecule has 2 aliphatic heterocycles. The molecule has 43 heavy (non-hydrogen) atoms. The molecular formula is C32H43N5O6. The number of aryl methyl sites for hydroxylation is 1. The monoisotopic (exact) mass is 593 g/mol. The van der Waals surface area contributed by atoms with Crippen molar-refractivity contribution < 1.29 is 29.0 Å². The number of amides is 3. The van der Waals surface area contributed by atoms with Crippen LogP contribution in [0, 0.1) is 11.3 Å². The number of hydrazine groups is 1. The molecule has 4 N–H and O–H groups in total. The van der Waals surface area contributed by atoms with Gasteiger partial charge in [0.2, 0.25) is 11.8 Å². The van der Waals surface area contributed by atoms with E-state index in [2.05, 4.69) is 29.0 Å². The van der Waals surface area contributed by atoms with E-state index < -0.39 is 41.3 Å². The summed E-state index contributed by atoms with van der Waals surface area (Å²) in [6, 6.07) is 7.45. The summed E-state index contributed by atoms with van der Waals surface area (Å²) >= 11 is 0. The topological polar surface area (TPSA) is 150 Å². The molecule has 0 saturated carbocycles. The van der Waals surface area contributed by atoms with Gasteiger partial charge in [-0.1, -0.05) is 51.1 Å². The zero-order valence-corrected chi connectivity index (χ0v) is 25.4. The molecule has 0 spiro atoms. The second kappa shape index (κ2) is 14.1. The van der Waals surface area contributed by atoms with Gasteiger partial charge in [0.05, 0.1) is 10.9 Å². The van der Waals surface area contributed by atoms with Crippen molar-refractivity contribution >= 4 is 40.7 Å². The molecule has 232 valence electrons. The highest BCUT2D eigenvalue weighted by molar-refractivity contribution is 5.94. The van der Waals surface area contributed by atoms with Gasteiger partial charge in [-0.2, -0.15) is 0 Å². The molecule has 0 radical (unpaired) electrons. The Bertz CT molecular complexity index is 1370. The van der Waals surface area contributed by atoms with E-state index in [1.54, 1.807) is 6.92 Å². The van der Waals surface area contributed by atoms with Gasteiger partial charge in [-0.15, -0.1) is 0 Å². The number of aliphatic carboxylic acids is 1. The highest BCUT2D eigenvalue weighted by atomic mass is 16.5. The van der Waals surface area contributed by atoms with E-state index in [1.807, 2.05) is 50.3 Å². The quantitative estimate of drug-likeness (QED) is 0.329. The maximum atomic E-state index is 13.9. The molecule has 3 atom stereocenters. The summed E-state index contributed by atoms with van der Waals surface area (Å²) < 4.78 is 5.58. The number of nitrogens with one attached hydrogen (secondary N) is 3. The number of benzene rings is 1. The molecule has 11 nitrogen and oxygen atoms in total. The van der Waals surface area contributed by atoms with E-state index in [9.17, 15) is 24.3 Å². The molecule has 2 aliphatic rings. The van der Waals surface area contributed by atoms with E-state index >= 15 is 0 Å². The molecule has 1 aromatic heterocycles. The van der Waals surface area contributed by atoms with Crippen LogP contribution in [0.4, 0.5) is 0 Å². The molecule has 3 heterocycles. The van der Waals surface area contributed by atoms with Crippen LogP contribution < -0.4 is 16.1 Å². The average Bonchev–Trinajstić information content (AvgIpc) is 3.01. The average molecular weight is 594 g/mol. The van der Waals surface area contributed by atoms with Crippen LogP contribution in [0.2, 0.25) is 0 Å². The molecule has 2 aromatic rings. The zero-order chi connectivity index (χ0) is 31.1. The molecule has 4 rings (SSSR count). The minimum Gasteiger partial charge on any atom is -0.480 e. The van der Waals surface area contributed by atoms with Crippen molar-refractivity contribution in [1.82, 2.24) is 26.1 Å². The number of hydrogen-bond donors (Lipinski definition) is 4. The summed E-state index contributed by atoms with van der Waals surface area (Å²) in [4.78, 5) is 56.3. The number of pyridine rings is 1. The summed E-state index contributed by atoms with van der Waals surface area (Å²) in [5.41, 5.74) is 4.68. The normalized spacial score (nSPS) is 20.1. The van der Waals surface area contributed by atoms with Crippen LogP contribution in [-0.2, 0) is 30.3 Å². The summed E-state index contributed by atoms with van der Waals surface area (Å²) in [5.74, 6) is -2.47. The Morgan fingerprint density at radius 1 is 1.14 bits per heavy atom. The molecule has 1 aromatic carbocycles. The first kappa shape index (κ1) is 32.1. The molecule has 3 amide bonds. The Balaban J connectivity index is 1.47. The van der Waals surface area contributed by atoms with E-state index in [4.69, 9.17) is 9.72 Å². The number of nitrogens with zero attached hydrogens (tertiary/aromatic N) is 2. The predicted octanol–water partition coefficient (Wildman–Crippen LogP) is 2.83. The predicted molar refractivity (Wildman–Crippen MR) is 163 cm³/mol. The fraction of sp³-hybridized carbons (Fsp3) is 0.531. The Kier molecular flexibility index (Phi) is 10.5. The van der Waals surface area contributed by atoms with E-state index in [1.165, 1.54) is 5.01 Å². The minimum absolute atomic E-state index is 0.254. The third kappa shape index (κ3) is 7.77. The molecule has 2 fully saturated rings. The smallest absolute Gasteiger partial charge is 0.322 e. The van der Waals surface area contributed by atoms with Crippen LogP contribution in [0.3, 0.4) is 0 Å². The molecular weight excluding hydrogens is 550 g/mol. The molecule has 3 unspecified atom stereocenters. The molecule has 11 heteroatoms. The lowest BCUT2D eigenvalue weighted by atomic mass is 9.78. The number of fused-ring (bicyclic) bond motifs is 1. The van der Waals surface area contributed by atoms with E-state index in [0.29, 0.717) is 45.4 Å². The number of carboxylic acids is 1. The zero-order valence-electron chi connectivity index (χ0n) is 25.4. The lowest BCUT2D eigenvalue weighted by Crippen LogP contribution is -2.61. The van der Waals surface area contributed by atoms with Crippen LogP contribution in [0.5, 0.6) is 0 Å². The van der Waals surface area contributed by atoms with Gasteiger partial charge in [-0.05, 0) is 62.6 Å². The van der Waals surface area contributed by atoms with Crippen LogP contribution >= 0.6 is 0 Å². The van der Waals surface area contributed by atoms with Crippen LogP contribution in [0.25, 0.3) is 17.0 Å². The highest BCUT2D eigenvalue weighted by Crippen LogP contribution is 2.34. The second-order valence-corrected chi connectivity index (χ2v) is 11.8. The van der Waals surface area contributed by atoms with Gasteiger partial charge < -0.3 is 20.5 Å². The largest absolute Gasteiger partial charge is 0.480 e. The summed E-state index contributed by atoms with van der Waals surface area (Å²) in [6.45, 7) is 8.46. The van der Waals surface area contributed by atoms with Gasteiger partial charge in [0.15, 0.2) is 0 Å². The Hall–Kier alpha value is -3.83. The minimum atomic E-state index is -1.03. The van der Waals surface area contributed by atoms with Crippen LogP contribution in [0.1, 0.15) is 64.6 Å². The second-order valence-electron chi connectivity index (χ2n) is 11.8. The number of carbonyl (C=O) groups is 4. The van der Waals surface area contributed by atoms with Crippen LogP contribution in [-0.4, -0.2) is 76.7 Å².